The van der Waals surface area contributed by atoms with E-state index in [1.54, 1.807) is 25.1 Å². The van der Waals surface area contributed by atoms with Gasteiger partial charge in [0.15, 0.2) is 5.75 Å². The molecule has 1 N–H and O–H groups in total. The molecule has 6 nitrogen and oxygen atoms in total. The van der Waals surface area contributed by atoms with Gasteiger partial charge in [-0.15, -0.1) is 0 Å². The van der Waals surface area contributed by atoms with Gasteiger partial charge in [-0.1, -0.05) is 17.7 Å². The van der Waals surface area contributed by atoms with Crippen LogP contribution in [0.1, 0.15) is 17.4 Å². The topological polar surface area (TPSA) is 81.4 Å². The second-order valence-electron chi connectivity index (χ2n) is 3.83. The maximum atomic E-state index is 11.8. The van der Waals surface area contributed by atoms with Crippen LogP contribution in [0.15, 0.2) is 35.1 Å². The molecule has 0 amide bonds. The molecule has 1 aromatic heterocycles. The summed E-state index contributed by atoms with van der Waals surface area (Å²) in [5.74, 6) is -1.33. The maximum Gasteiger partial charge on any atom is 0.362 e. The van der Waals surface area contributed by atoms with E-state index in [1.807, 2.05) is 0 Å². The number of aromatic nitrogens is 2. The Morgan fingerprint density at radius 3 is 2.85 bits per heavy atom. The summed E-state index contributed by atoms with van der Waals surface area (Å²) in [7, 11) is 0. The van der Waals surface area contributed by atoms with E-state index >= 15 is 0 Å². The molecule has 0 fully saturated rings. The number of halogens is 1. The number of benzene rings is 1. The highest BCUT2D eigenvalue weighted by molar-refractivity contribution is 6.30. The van der Waals surface area contributed by atoms with Crippen LogP contribution in [0.4, 0.5) is 0 Å². The van der Waals surface area contributed by atoms with E-state index < -0.39 is 17.3 Å². The first-order valence-corrected chi connectivity index (χ1v) is 6.17. The Balaban J connectivity index is 2.57. The summed E-state index contributed by atoms with van der Waals surface area (Å²) in [6, 6.07) is 7.31. The monoisotopic (exact) mass is 294 g/mol. The molecule has 2 aromatic rings. The first kappa shape index (κ1) is 14.1. The summed E-state index contributed by atoms with van der Waals surface area (Å²) < 4.78 is 5.73. The van der Waals surface area contributed by atoms with Gasteiger partial charge >= 0.3 is 5.97 Å². The van der Waals surface area contributed by atoms with E-state index in [2.05, 4.69) is 5.10 Å². The number of nitrogens with zero attached hydrogens (tertiary/aromatic N) is 2. The minimum Gasteiger partial charge on any atom is -0.505 e. The Hall–Kier alpha value is -2.34. The standard InChI is InChI=1S/C13H11ClN2O4/c1-2-20-13(19)12-10(17)7-11(18)16(15-12)9-5-3-4-8(14)6-9/h3-7,17H,2H2,1H3. The van der Waals surface area contributed by atoms with Crippen LogP contribution in [-0.2, 0) is 4.74 Å². The highest BCUT2D eigenvalue weighted by Gasteiger charge is 2.17. The van der Waals surface area contributed by atoms with Gasteiger partial charge in [-0.25, -0.2) is 4.79 Å². The predicted octanol–water partition coefficient (Wildman–Crippen LogP) is 1.77. The molecule has 0 atom stereocenters. The van der Waals surface area contributed by atoms with Gasteiger partial charge in [0.1, 0.15) is 0 Å². The molecule has 0 saturated carbocycles. The summed E-state index contributed by atoms with van der Waals surface area (Å²) >= 11 is 5.85. The summed E-state index contributed by atoms with van der Waals surface area (Å²) in [5, 5.41) is 13.9. The van der Waals surface area contributed by atoms with Crippen molar-refractivity contribution in [1.29, 1.82) is 0 Å². The number of hydrogen-bond acceptors (Lipinski definition) is 5. The highest BCUT2D eigenvalue weighted by Crippen LogP contribution is 2.16. The molecular weight excluding hydrogens is 284 g/mol. The molecule has 0 aliphatic heterocycles. The Labute approximate surface area is 119 Å². The van der Waals surface area contributed by atoms with Crippen molar-refractivity contribution in [3.05, 3.63) is 51.4 Å². The SMILES string of the molecule is CCOC(=O)c1nn(-c2cccc(Cl)c2)c(=O)cc1O. The van der Waals surface area contributed by atoms with Gasteiger partial charge in [0, 0.05) is 11.1 Å². The lowest BCUT2D eigenvalue weighted by molar-refractivity contribution is 0.0513. The van der Waals surface area contributed by atoms with Gasteiger partial charge in [0.2, 0.25) is 5.69 Å². The molecule has 0 aliphatic rings. The molecule has 2 rings (SSSR count). The molecular formula is C13H11ClN2O4. The zero-order valence-electron chi connectivity index (χ0n) is 10.5. The zero-order chi connectivity index (χ0) is 14.7. The lowest BCUT2D eigenvalue weighted by Crippen LogP contribution is -2.23. The fraction of sp³-hybridized carbons (Fsp3) is 0.154. The van der Waals surface area contributed by atoms with Crippen LogP contribution >= 0.6 is 11.6 Å². The molecule has 7 heteroatoms. The van der Waals surface area contributed by atoms with Crippen LogP contribution in [0.25, 0.3) is 5.69 Å². The van der Waals surface area contributed by atoms with Gasteiger partial charge in [0.25, 0.3) is 5.56 Å². The highest BCUT2D eigenvalue weighted by atomic mass is 35.5. The first-order chi connectivity index (χ1) is 9.52. The molecule has 1 heterocycles. The number of carbonyl (C=O) groups excluding carboxylic acids is 1. The first-order valence-electron chi connectivity index (χ1n) is 5.79. The van der Waals surface area contributed by atoms with Crippen molar-refractivity contribution in [2.75, 3.05) is 6.61 Å². The van der Waals surface area contributed by atoms with Crippen LogP contribution in [0.3, 0.4) is 0 Å². The summed E-state index contributed by atoms with van der Waals surface area (Å²) in [6.45, 7) is 1.76. The number of rotatable bonds is 3. The van der Waals surface area contributed by atoms with Crippen LogP contribution in [0.2, 0.25) is 5.02 Å². The molecule has 20 heavy (non-hydrogen) atoms. The lowest BCUT2D eigenvalue weighted by Gasteiger charge is -2.08. The normalized spacial score (nSPS) is 10.3. The van der Waals surface area contributed by atoms with E-state index in [9.17, 15) is 14.7 Å². The lowest BCUT2D eigenvalue weighted by atomic mass is 10.3. The van der Waals surface area contributed by atoms with E-state index in [-0.39, 0.29) is 12.3 Å². The number of carbonyl (C=O) groups is 1. The second kappa shape index (κ2) is 5.75. The Kier molecular flexibility index (Phi) is 4.05. The molecule has 0 aliphatic carbocycles. The molecule has 0 saturated heterocycles. The van der Waals surface area contributed by atoms with Crippen molar-refractivity contribution >= 4 is 17.6 Å². The quantitative estimate of drug-likeness (QED) is 0.873. The Bertz CT molecular complexity index is 712. The van der Waals surface area contributed by atoms with Crippen LogP contribution in [0, 0.1) is 0 Å². The average Bonchev–Trinajstić information content (AvgIpc) is 2.39. The van der Waals surface area contributed by atoms with Gasteiger partial charge in [-0.2, -0.15) is 9.78 Å². The van der Waals surface area contributed by atoms with Gasteiger partial charge in [0.05, 0.1) is 12.3 Å². The smallest absolute Gasteiger partial charge is 0.362 e. The van der Waals surface area contributed by atoms with Gasteiger partial charge < -0.3 is 9.84 Å². The number of hydrogen-bond donors (Lipinski definition) is 1. The van der Waals surface area contributed by atoms with Crippen molar-refractivity contribution < 1.29 is 14.6 Å². The van der Waals surface area contributed by atoms with Gasteiger partial charge in [-0.3, -0.25) is 4.79 Å². The summed E-state index contributed by atoms with van der Waals surface area (Å²) in [6.07, 6.45) is 0. The molecule has 0 radical (unpaired) electrons. The minimum absolute atomic E-state index is 0.135. The fourth-order valence-corrected chi connectivity index (χ4v) is 1.77. The average molecular weight is 295 g/mol. The van der Waals surface area contributed by atoms with Crippen molar-refractivity contribution in [1.82, 2.24) is 9.78 Å². The second-order valence-corrected chi connectivity index (χ2v) is 4.27. The number of aromatic hydroxyl groups is 1. The molecule has 1 aromatic carbocycles. The van der Waals surface area contributed by atoms with E-state index in [1.165, 1.54) is 6.07 Å². The number of ether oxygens (including phenoxy) is 1. The molecule has 104 valence electrons. The molecule has 0 unspecified atom stereocenters. The number of esters is 1. The summed E-state index contributed by atoms with van der Waals surface area (Å²) in [4.78, 5) is 23.5. The van der Waals surface area contributed by atoms with Crippen molar-refractivity contribution in [2.24, 2.45) is 0 Å². The van der Waals surface area contributed by atoms with E-state index in [0.29, 0.717) is 10.7 Å². The Morgan fingerprint density at radius 2 is 2.20 bits per heavy atom. The van der Waals surface area contributed by atoms with Gasteiger partial charge in [-0.05, 0) is 25.1 Å². The largest absolute Gasteiger partial charge is 0.505 e. The van der Waals surface area contributed by atoms with E-state index in [4.69, 9.17) is 16.3 Å². The van der Waals surface area contributed by atoms with Crippen LogP contribution in [-0.4, -0.2) is 27.5 Å². The molecule has 0 bridgehead atoms. The van der Waals surface area contributed by atoms with Crippen molar-refractivity contribution in [3.8, 4) is 11.4 Å². The third-order valence-corrected chi connectivity index (χ3v) is 2.67. The predicted molar refractivity (Wildman–Crippen MR) is 72.5 cm³/mol. The third-order valence-electron chi connectivity index (χ3n) is 2.43. The zero-order valence-corrected chi connectivity index (χ0v) is 11.3. The summed E-state index contributed by atoms with van der Waals surface area (Å²) in [5.41, 5.74) is -0.530. The minimum atomic E-state index is -0.805. The Morgan fingerprint density at radius 1 is 1.45 bits per heavy atom. The van der Waals surface area contributed by atoms with Crippen LogP contribution in [0.5, 0.6) is 5.75 Å². The van der Waals surface area contributed by atoms with Crippen molar-refractivity contribution in [3.63, 3.8) is 0 Å². The third kappa shape index (κ3) is 2.80. The van der Waals surface area contributed by atoms with Crippen molar-refractivity contribution in [2.45, 2.75) is 6.92 Å². The molecule has 0 spiro atoms. The maximum absolute atomic E-state index is 11.8. The van der Waals surface area contributed by atoms with Crippen LogP contribution < -0.4 is 5.56 Å². The fourth-order valence-electron chi connectivity index (χ4n) is 1.58. The van der Waals surface area contributed by atoms with E-state index in [0.717, 1.165) is 10.7 Å².